The Bertz CT molecular complexity index is 1180. The molecule has 0 bridgehead atoms. The predicted octanol–water partition coefficient (Wildman–Crippen LogP) is 7.52. The molecular formula is C28H31F6NO3. The zero-order chi connectivity index (χ0) is 28.7. The van der Waals surface area contributed by atoms with Gasteiger partial charge in [-0.25, -0.2) is 13.2 Å². The first-order valence-corrected chi connectivity index (χ1v) is 12.2. The van der Waals surface area contributed by atoms with Gasteiger partial charge in [0.05, 0.1) is 22.9 Å². The Morgan fingerprint density at radius 2 is 1.55 bits per heavy atom. The number of carbonyl (C=O) groups is 2. The third kappa shape index (κ3) is 7.08. The zero-order valence-electron chi connectivity index (χ0n) is 21.8. The van der Waals surface area contributed by atoms with E-state index >= 15 is 0 Å². The first-order chi connectivity index (χ1) is 17.3. The molecule has 2 aromatic rings. The molecule has 208 valence electrons. The average Bonchev–Trinajstić information content (AvgIpc) is 3.55. The van der Waals surface area contributed by atoms with Crippen LogP contribution in [0.4, 0.5) is 32.0 Å². The van der Waals surface area contributed by atoms with Gasteiger partial charge < -0.3 is 10.1 Å². The molecule has 38 heavy (non-hydrogen) atoms. The number of hydrogen-bond donors (Lipinski definition) is 1. The van der Waals surface area contributed by atoms with Gasteiger partial charge in [-0.1, -0.05) is 37.3 Å². The smallest absolute Gasteiger partial charge is 0.392 e. The van der Waals surface area contributed by atoms with Crippen LogP contribution < -0.4 is 5.32 Å². The van der Waals surface area contributed by atoms with Gasteiger partial charge in [-0.15, -0.1) is 0 Å². The molecule has 3 rings (SSSR count). The number of rotatable bonds is 8. The number of ether oxygens (including phenoxy) is 1. The maximum Gasteiger partial charge on any atom is 0.392 e. The molecule has 0 heterocycles. The molecule has 1 saturated carbocycles. The van der Waals surface area contributed by atoms with Crippen LogP contribution in [0.2, 0.25) is 0 Å². The van der Waals surface area contributed by atoms with Crippen LogP contribution in [0.25, 0.3) is 0 Å². The minimum absolute atomic E-state index is 0.140. The lowest BCUT2D eigenvalue weighted by molar-refractivity contribution is -0.178. The lowest BCUT2D eigenvalue weighted by atomic mass is 9.85. The van der Waals surface area contributed by atoms with Gasteiger partial charge in [-0.05, 0) is 63.3 Å². The van der Waals surface area contributed by atoms with Gasteiger partial charge in [0.1, 0.15) is 11.4 Å². The Balaban J connectivity index is 1.87. The van der Waals surface area contributed by atoms with Crippen molar-refractivity contribution in [1.29, 1.82) is 0 Å². The summed E-state index contributed by atoms with van der Waals surface area (Å²) in [4.78, 5) is 25.8. The highest BCUT2D eigenvalue weighted by Crippen LogP contribution is 2.50. The summed E-state index contributed by atoms with van der Waals surface area (Å²) in [7, 11) is 0. The van der Waals surface area contributed by atoms with E-state index in [1.54, 1.807) is 20.8 Å². The molecule has 0 aromatic heterocycles. The minimum Gasteiger partial charge on any atom is -0.460 e. The average molecular weight is 544 g/mol. The van der Waals surface area contributed by atoms with Gasteiger partial charge >= 0.3 is 12.1 Å². The number of hydrogen-bond acceptors (Lipinski definition) is 3. The monoisotopic (exact) mass is 543 g/mol. The normalized spacial score (nSPS) is 16.9. The van der Waals surface area contributed by atoms with Crippen LogP contribution >= 0.6 is 0 Å². The van der Waals surface area contributed by atoms with E-state index in [1.807, 2.05) is 0 Å². The topological polar surface area (TPSA) is 55.4 Å². The third-order valence-corrected chi connectivity index (χ3v) is 6.59. The second kappa shape index (κ2) is 10.3. The number of benzene rings is 2. The molecule has 10 heteroatoms. The highest BCUT2D eigenvalue weighted by atomic mass is 19.4. The van der Waals surface area contributed by atoms with E-state index in [2.05, 4.69) is 5.32 Å². The molecule has 2 aromatic carbocycles. The Hall–Kier alpha value is -3.04. The van der Waals surface area contributed by atoms with Crippen molar-refractivity contribution in [2.24, 2.45) is 11.3 Å². The molecule has 0 spiro atoms. The van der Waals surface area contributed by atoms with Crippen LogP contribution in [0.1, 0.15) is 70.1 Å². The maximum atomic E-state index is 14.6. The van der Waals surface area contributed by atoms with Crippen LogP contribution in [0, 0.1) is 17.2 Å². The zero-order valence-corrected chi connectivity index (χ0v) is 21.8. The summed E-state index contributed by atoms with van der Waals surface area (Å²) in [6, 6.07) is 7.81. The number of alkyl halides is 5. The molecule has 1 aliphatic carbocycles. The number of nitrogens with one attached hydrogen (secondary N) is 1. The molecule has 1 amide bonds. The van der Waals surface area contributed by atoms with E-state index in [-0.39, 0.29) is 23.6 Å². The predicted molar refractivity (Wildman–Crippen MR) is 130 cm³/mol. The van der Waals surface area contributed by atoms with Gasteiger partial charge in [-0.3, -0.25) is 9.59 Å². The summed E-state index contributed by atoms with van der Waals surface area (Å²) < 4.78 is 88.3. The van der Waals surface area contributed by atoms with E-state index in [4.69, 9.17) is 4.74 Å². The molecule has 0 aliphatic heterocycles. The first kappa shape index (κ1) is 29.5. The van der Waals surface area contributed by atoms with Crippen molar-refractivity contribution in [3.8, 4) is 0 Å². The lowest BCUT2D eigenvalue weighted by Gasteiger charge is -2.26. The van der Waals surface area contributed by atoms with Crippen molar-refractivity contribution in [1.82, 2.24) is 0 Å². The second-order valence-electron chi connectivity index (χ2n) is 11.1. The number of amides is 1. The van der Waals surface area contributed by atoms with Gasteiger partial charge in [0.2, 0.25) is 5.91 Å². The van der Waals surface area contributed by atoms with Gasteiger partial charge in [-0.2, -0.15) is 13.2 Å². The summed E-state index contributed by atoms with van der Waals surface area (Å²) in [5.41, 5.74) is -1.87. The van der Waals surface area contributed by atoms with Gasteiger partial charge in [0.25, 0.3) is 5.92 Å². The van der Waals surface area contributed by atoms with E-state index in [9.17, 15) is 35.9 Å². The number of halogens is 6. The summed E-state index contributed by atoms with van der Waals surface area (Å²) in [6.45, 7) is 6.68. The first-order valence-electron chi connectivity index (χ1n) is 12.2. The highest BCUT2D eigenvalue weighted by Gasteiger charge is 2.52. The molecule has 1 aliphatic rings. The van der Waals surface area contributed by atoms with Crippen LogP contribution in [-0.2, 0) is 26.7 Å². The third-order valence-electron chi connectivity index (χ3n) is 6.59. The fourth-order valence-corrected chi connectivity index (χ4v) is 4.21. The lowest BCUT2D eigenvalue weighted by Crippen LogP contribution is -2.34. The molecular weight excluding hydrogens is 512 g/mol. The summed E-state index contributed by atoms with van der Waals surface area (Å²) in [5.74, 6) is -9.63. The summed E-state index contributed by atoms with van der Waals surface area (Å²) >= 11 is 0. The molecule has 1 N–H and O–H groups in total. The Labute approximate surface area is 217 Å². The molecule has 2 atom stereocenters. The Kier molecular flexibility index (Phi) is 7.97. The van der Waals surface area contributed by atoms with E-state index in [0.29, 0.717) is 25.3 Å². The number of esters is 1. The van der Waals surface area contributed by atoms with Gasteiger partial charge in [0, 0.05) is 12.5 Å². The maximum absolute atomic E-state index is 14.6. The van der Waals surface area contributed by atoms with Crippen molar-refractivity contribution in [3.05, 3.63) is 65.0 Å². The fourth-order valence-electron chi connectivity index (χ4n) is 4.21. The second-order valence-corrected chi connectivity index (χ2v) is 11.1. The van der Waals surface area contributed by atoms with Crippen molar-refractivity contribution in [2.45, 2.75) is 77.5 Å². The van der Waals surface area contributed by atoms with Crippen LogP contribution in [-0.4, -0.2) is 23.7 Å². The number of anilines is 1. The van der Waals surface area contributed by atoms with Crippen molar-refractivity contribution < 1.29 is 40.7 Å². The van der Waals surface area contributed by atoms with Gasteiger partial charge in [0.15, 0.2) is 0 Å². The SMILES string of the molecule is C[C@H]([C@H](C(=O)Nc1cc(CC2(C(=O)OC(C)(C)C)CC2)ccc1F)c1ccc(C(C)(F)F)cc1)C(F)(F)F. The van der Waals surface area contributed by atoms with Crippen molar-refractivity contribution in [3.63, 3.8) is 0 Å². The summed E-state index contributed by atoms with van der Waals surface area (Å²) in [6.07, 6.45) is -3.44. The fraction of sp³-hybridized carbons (Fsp3) is 0.500. The Morgan fingerprint density at radius 3 is 2.03 bits per heavy atom. The van der Waals surface area contributed by atoms with Crippen LogP contribution in [0.5, 0.6) is 0 Å². The summed E-state index contributed by atoms with van der Waals surface area (Å²) in [5, 5.41) is 2.24. The van der Waals surface area contributed by atoms with Crippen LogP contribution in [0.3, 0.4) is 0 Å². The molecule has 0 radical (unpaired) electrons. The standard InChI is InChI=1S/C28H31F6NO3/c1-16(28(32,33)34)22(18-7-9-19(10-8-18)26(5,30)31)23(36)35-21-14-17(6-11-20(21)29)15-27(12-13-27)24(37)38-25(2,3)4/h6-11,14,16,22H,12-13,15H2,1-5H3,(H,35,36)/t16-,22+/m1/s1. The van der Waals surface area contributed by atoms with E-state index in [0.717, 1.165) is 37.3 Å². The Morgan fingerprint density at radius 1 is 0.974 bits per heavy atom. The van der Waals surface area contributed by atoms with E-state index < -0.39 is 52.2 Å². The van der Waals surface area contributed by atoms with E-state index in [1.165, 1.54) is 12.1 Å². The minimum atomic E-state index is -4.79. The highest BCUT2D eigenvalue weighted by molar-refractivity contribution is 5.96. The number of carbonyl (C=O) groups excluding carboxylic acids is 2. The molecule has 0 unspecified atom stereocenters. The van der Waals surface area contributed by atoms with Crippen LogP contribution in [0.15, 0.2) is 42.5 Å². The molecule has 1 fully saturated rings. The molecule has 0 saturated heterocycles. The quantitative estimate of drug-likeness (QED) is 0.277. The van der Waals surface area contributed by atoms with Crippen molar-refractivity contribution in [2.75, 3.05) is 5.32 Å². The molecule has 4 nitrogen and oxygen atoms in total. The largest absolute Gasteiger partial charge is 0.460 e. The van der Waals surface area contributed by atoms with Crippen molar-refractivity contribution >= 4 is 17.6 Å².